The molecule has 0 amide bonds. The van der Waals surface area contributed by atoms with Crippen LogP contribution in [-0.2, 0) is 0 Å². The summed E-state index contributed by atoms with van der Waals surface area (Å²) in [4.78, 5) is 6.83. The summed E-state index contributed by atoms with van der Waals surface area (Å²) in [5.74, 6) is 0.665. The van der Waals surface area contributed by atoms with E-state index in [1.807, 2.05) is 12.3 Å². The molecule has 2 heterocycles. The van der Waals surface area contributed by atoms with Crippen molar-refractivity contribution in [2.75, 3.05) is 33.3 Å². The van der Waals surface area contributed by atoms with Crippen LogP contribution in [0, 0.1) is 0 Å². The van der Waals surface area contributed by atoms with Crippen LogP contribution in [0.5, 0.6) is 5.88 Å². The van der Waals surface area contributed by atoms with Crippen LogP contribution in [0.25, 0.3) is 0 Å². The van der Waals surface area contributed by atoms with Gasteiger partial charge in [-0.1, -0.05) is 11.6 Å². The van der Waals surface area contributed by atoms with Crippen molar-refractivity contribution >= 4 is 0 Å². The Balaban J connectivity index is 2.17. The van der Waals surface area contributed by atoms with Crippen molar-refractivity contribution in [3.63, 3.8) is 0 Å². The topological polar surface area (TPSA) is 37.4 Å². The number of aromatic nitrogens is 1. The average Bonchev–Trinajstić information content (AvgIpc) is 2.46. The van der Waals surface area contributed by atoms with E-state index in [1.54, 1.807) is 7.11 Å². The lowest BCUT2D eigenvalue weighted by atomic mass is 9.99. The minimum absolute atomic E-state index is 0.373. The molecule has 0 aliphatic carbocycles. The summed E-state index contributed by atoms with van der Waals surface area (Å²) in [6, 6.07) is 4.42. The van der Waals surface area contributed by atoms with Crippen molar-refractivity contribution in [3.8, 4) is 5.88 Å². The second-order valence-electron chi connectivity index (χ2n) is 5.10. The first-order chi connectivity index (χ1) is 9.20. The molecule has 0 aromatic carbocycles. The van der Waals surface area contributed by atoms with Gasteiger partial charge in [0.2, 0.25) is 5.88 Å². The molecule has 1 aliphatic heterocycles. The van der Waals surface area contributed by atoms with Gasteiger partial charge in [-0.05, 0) is 18.9 Å². The third kappa shape index (κ3) is 3.78. The third-order valence-electron chi connectivity index (χ3n) is 3.49. The Morgan fingerprint density at radius 3 is 2.74 bits per heavy atom. The molecule has 0 saturated carbocycles. The Hall–Kier alpha value is -1.39. The van der Waals surface area contributed by atoms with Crippen LogP contribution < -0.4 is 10.1 Å². The number of pyridine rings is 1. The highest BCUT2D eigenvalue weighted by Gasteiger charge is 2.22. The molecule has 4 heteroatoms. The van der Waals surface area contributed by atoms with Crippen LogP contribution in [0.1, 0.15) is 24.9 Å². The standard InChI is InChI=1S/C15H23N3O/c1-12(2)10-14(18-8-6-16-7-9-18)13-4-5-15(19-3)17-11-13/h4-5,11,14,16H,1,6-10H2,2-3H3/t14-/m1/s1. The Bertz CT molecular complexity index is 410. The Morgan fingerprint density at radius 2 is 2.21 bits per heavy atom. The third-order valence-corrected chi connectivity index (χ3v) is 3.49. The smallest absolute Gasteiger partial charge is 0.212 e. The Kier molecular flexibility index (Phi) is 4.93. The number of piperazine rings is 1. The predicted molar refractivity (Wildman–Crippen MR) is 77.4 cm³/mol. The van der Waals surface area contributed by atoms with Gasteiger partial charge in [-0.25, -0.2) is 4.98 Å². The zero-order valence-electron chi connectivity index (χ0n) is 11.9. The minimum Gasteiger partial charge on any atom is -0.481 e. The van der Waals surface area contributed by atoms with Gasteiger partial charge in [0.25, 0.3) is 0 Å². The van der Waals surface area contributed by atoms with E-state index in [4.69, 9.17) is 4.74 Å². The zero-order valence-corrected chi connectivity index (χ0v) is 11.9. The van der Waals surface area contributed by atoms with Crippen LogP contribution in [0.4, 0.5) is 0 Å². The van der Waals surface area contributed by atoms with E-state index < -0.39 is 0 Å². The van der Waals surface area contributed by atoms with Crippen molar-refractivity contribution in [1.29, 1.82) is 0 Å². The van der Waals surface area contributed by atoms with Crippen LogP contribution in [0.3, 0.4) is 0 Å². The average molecular weight is 261 g/mol. The van der Waals surface area contributed by atoms with Crippen LogP contribution in [0.15, 0.2) is 30.5 Å². The molecule has 19 heavy (non-hydrogen) atoms. The fourth-order valence-electron chi connectivity index (χ4n) is 2.49. The normalized spacial score (nSPS) is 18.0. The molecule has 1 saturated heterocycles. The lowest BCUT2D eigenvalue weighted by Gasteiger charge is -2.35. The highest BCUT2D eigenvalue weighted by molar-refractivity contribution is 5.22. The SMILES string of the molecule is C=C(C)C[C@H](c1ccc(OC)nc1)N1CCNCC1. The van der Waals surface area contributed by atoms with E-state index in [2.05, 4.69) is 34.8 Å². The molecule has 1 atom stereocenters. The monoisotopic (exact) mass is 261 g/mol. The highest BCUT2D eigenvalue weighted by Crippen LogP contribution is 2.27. The maximum Gasteiger partial charge on any atom is 0.212 e. The van der Waals surface area contributed by atoms with Gasteiger partial charge in [-0.15, -0.1) is 6.58 Å². The number of ether oxygens (including phenoxy) is 1. The molecule has 0 radical (unpaired) electrons. The maximum absolute atomic E-state index is 5.12. The molecule has 1 aromatic rings. The van der Waals surface area contributed by atoms with Gasteiger partial charge in [0.15, 0.2) is 0 Å². The molecule has 1 aromatic heterocycles. The summed E-state index contributed by atoms with van der Waals surface area (Å²) in [6.07, 6.45) is 2.91. The van der Waals surface area contributed by atoms with Gasteiger partial charge in [0.05, 0.1) is 7.11 Å². The lowest BCUT2D eigenvalue weighted by molar-refractivity contribution is 0.172. The van der Waals surface area contributed by atoms with E-state index in [1.165, 1.54) is 11.1 Å². The molecule has 1 N–H and O–H groups in total. The first-order valence-electron chi connectivity index (χ1n) is 6.80. The van der Waals surface area contributed by atoms with Crippen molar-refractivity contribution in [2.45, 2.75) is 19.4 Å². The fraction of sp³-hybridized carbons (Fsp3) is 0.533. The zero-order chi connectivity index (χ0) is 13.7. The van der Waals surface area contributed by atoms with Gasteiger partial charge >= 0.3 is 0 Å². The van der Waals surface area contributed by atoms with E-state index in [-0.39, 0.29) is 0 Å². The quantitative estimate of drug-likeness (QED) is 0.823. The lowest BCUT2D eigenvalue weighted by Crippen LogP contribution is -2.45. The van der Waals surface area contributed by atoms with E-state index in [9.17, 15) is 0 Å². The molecule has 1 fully saturated rings. The van der Waals surface area contributed by atoms with Crippen LogP contribution in [-0.4, -0.2) is 43.2 Å². The summed E-state index contributed by atoms with van der Waals surface area (Å²) in [5.41, 5.74) is 2.45. The molecule has 2 rings (SSSR count). The second-order valence-corrected chi connectivity index (χ2v) is 5.10. The predicted octanol–water partition coefficient (Wildman–Crippen LogP) is 2.00. The van der Waals surface area contributed by atoms with Crippen LogP contribution >= 0.6 is 0 Å². The molecule has 0 spiro atoms. The first-order valence-corrected chi connectivity index (χ1v) is 6.80. The minimum atomic E-state index is 0.373. The largest absolute Gasteiger partial charge is 0.481 e. The summed E-state index contributed by atoms with van der Waals surface area (Å²) >= 11 is 0. The number of hydrogen-bond acceptors (Lipinski definition) is 4. The number of nitrogens with zero attached hydrogens (tertiary/aromatic N) is 2. The number of methoxy groups -OCH3 is 1. The van der Waals surface area contributed by atoms with Crippen molar-refractivity contribution in [2.24, 2.45) is 0 Å². The molecular weight excluding hydrogens is 238 g/mol. The summed E-state index contributed by atoms with van der Waals surface area (Å²) in [5, 5.41) is 3.39. The van der Waals surface area contributed by atoms with Gasteiger partial charge in [0, 0.05) is 44.5 Å². The van der Waals surface area contributed by atoms with Crippen LogP contribution in [0.2, 0.25) is 0 Å². The fourth-order valence-corrected chi connectivity index (χ4v) is 2.49. The molecule has 1 aliphatic rings. The van der Waals surface area contributed by atoms with Crippen molar-refractivity contribution < 1.29 is 4.74 Å². The van der Waals surface area contributed by atoms with Gasteiger partial charge in [-0.3, -0.25) is 4.90 Å². The van der Waals surface area contributed by atoms with Gasteiger partial charge < -0.3 is 10.1 Å². The molecule has 104 valence electrons. The summed E-state index contributed by atoms with van der Waals surface area (Å²) < 4.78 is 5.12. The highest BCUT2D eigenvalue weighted by atomic mass is 16.5. The van der Waals surface area contributed by atoms with E-state index in [0.29, 0.717) is 11.9 Å². The number of hydrogen-bond donors (Lipinski definition) is 1. The van der Waals surface area contributed by atoms with Gasteiger partial charge in [-0.2, -0.15) is 0 Å². The first kappa shape index (κ1) is 14.0. The Morgan fingerprint density at radius 1 is 1.47 bits per heavy atom. The number of nitrogens with one attached hydrogen (secondary N) is 1. The Labute approximate surface area is 115 Å². The van der Waals surface area contributed by atoms with Crippen molar-refractivity contribution in [3.05, 3.63) is 36.0 Å². The van der Waals surface area contributed by atoms with E-state index >= 15 is 0 Å². The molecular formula is C15H23N3O. The number of rotatable bonds is 5. The molecule has 0 unspecified atom stereocenters. The second kappa shape index (κ2) is 6.68. The van der Waals surface area contributed by atoms with E-state index in [0.717, 1.165) is 32.6 Å². The van der Waals surface area contributed by atoms with Gasteiger partial charge in [0.1, 0.15) is 0 Å². The summed E-state index contributed by atoms with van der Waals surface area (Å²) in [7, 11) is 1.64. The maximum atomic E-state index is 5.12. The molecule has 4 nitrogen and oxygen atoms in total. The van der Waals surface area contributed by atoms with Crippen molar-refractivity contribution in [1.82, 2.24) is 15.2 Å². The molecule has 0 bridgehead atoms. The summed E-state index contributed by atoms with van der Waals surface area (Å²) in [6.45, 7) is 10.4.